The second kappa shape index (κ2) is 10.3. The quantitative estimate of drug-likeness (QED) is 0.559. The average molecular weight is 425 g/mol. The highest BCUT2D eigenvalue weighted by atomic mass is 35.5. The Hall–Kier alpha value is -1.57. The zero-order chi connectivity index (χ0) is 20.8. The fraction of sp³-hybridized carbons (Fsp3) is 0.550. The van der Waals surface area contributed by atoms with Gasteiger partial charge >= 0.3 is 0 Å². The lowest BCUT2D eigenvalue weighted by molar-refractivity contribution is -0.133. The van der Waals surface area contributed by atoms with Crippen molar-refractivity contribution in [2.75, 3.05) is 13.7 Å². The van der Waals surface area contributed by atoms with Gasteiger partial charge in [-0.25, -0.2) is 0 Å². The van der Waals surface area contributed by atoms with Crippen LogP contribution in [0.2, 0.25) is 5.02 Å². The van der Waals surface area contributed by atoms with Crippen LogP contribution >= 0.6 is 23.4 Å². The van der Waals surface area contributed by atoms with E-state index in [9.17, 15) is 4.79 Å². The third-order valence-electron chi connectivity index (χ3n) is 4.34. The van der Waals surface area contributed by atoms with E-state index in [1.165, 1.54) is 11.8 Å². The summed E-state index contributed by atoms with van der Waals surface area (Å²) >= 11 is 7.43. The van der Waals surface area contributed by atoms with Crippen molar-refractivity contribution >= 4 is 29.3 Å². The normalized spacial score (nSPS) is 12.6. The van der Waals surface area contributed by atoms with E-state index in [4.69, 9.17) is 16.3 Å². The lowest BCUT2D eigenvalue weighted by Gasteiger charge is -2.32. The molecule has 0 saturated heterocycles. The largest absolute Gasteiger partial charge is 0.383 e. The van der Waals surface area contributed by atoms with E-state index in [1.807, 2.05) is 68.4 Å². The van der Waals surface area contributed by atoms with Crippen molar-refractivity contribution in [2.24, 2.45) is 0 Å². The number of rotatable bonds is 9. The molecule has 2 rings (SSSR count). The Morgan fingerprint density at radius 2 is 1.75 bits per heavy atom. The van der Waals surface area contributed by atoms with Gasteiger partial charge in [0.05, 0.1) is 18.4 Å². The molecule has 1 heterocycles. The van der Waals surface area contributed by atoms with Crippen LogP contribution in [0.15, 0.2) is 29.4 Å². The fourth-order valence-corrected chi connectivity index (χ4v) is 4.15. The molecule has 0 bridgehead atoms. The van der Waals surface area contributed by atoms with Crippen LogP contribution in [0.25, 0.3) is 11.4 Å². The number of methoxy groups -OCH3 is 1. The number of thioether (sulfide) groups is 1. The number of amides is 1. The van der Waals surface area contributed by atoms with E-state index in [2.05, 4.69) is 10.2 Å². The van der Waals surface area contributed by atoms with Crippen LogP contribution in [0.4, 0.5) is 0 Å². The topological polar surface area (TPSA) is 60.2 Å². The molecular formula is C20H29ClN4O2S. The predicted molar refractivity (Wildman–Crippen MR) is 115 cm³/mol. The van der Waals surface area contributed by atoms with Gasteiger partial charge in [0, 0.05) is 29.8 Å². The molecule has 1 aromatic carbocycles. The predicted octanol–water partition coefficient (Wildman–Crippen LogP) is 4.37. The summed E-state index contributed by atoms with van der Waals surface area (Å²) in [6, 6.07) is 7.77. The lowest BCUT2D eigenvalue weighted by Crippen LogP contribution is -2.45. The smallest absolute Gasteiger partial charge is 0.236 e. The molecule has 0 aliphatic carbocycles. The zero-order valence-corrected chi connectivity index (χ0v) is 18.9. The van der Waals surface area contributed by atoms with Gasteiger partial charge in [0.1, 0.15) is 0 Å². The van der Waals surface area contributed by atoms with E-state index in [-0.39, 0.29) is 23.2 Å². The molecule has 1 amide bonds. The van der Waals surface area contributed by atoms with Crippen molar-refractivity contribution in [3.05, 3.63) is 29.3 Å². The summed E-state index contributed by atoms with van der Waals surface area (Å²) in [6.07, 6.45) is 0. The summed E-state index contributed by atoms with van der Waals surface area (Å²) in [5, 5.41) is 9.82. The Labute approximate surface area is 176 Å². The first-order valence-corrected chi connectivity index (χ1v) is 10.7. The minimum atomic E-state index is -0.270. The first-order chi connectivity index (χ1) is 13.3. The molecule has 0 radical (unpaired) electrons. The van der Waals surface area contributed by atoms with Crippen LogP contribution in [0.5, 0.6) is 0 Å². The molecule has 1 aromatic heterocycles. The van der Waals surface area contributed by atoms with E-state index in [1.54, 1.807) is 7.11 Å². The van der Waals surface area contributed by atoms with Gasteiger partial charge in [0.15, 0.2) is 11.0 Å². The zero-order valence-electron chi connectivity index (χ0n) is 17.3. The fourth-order valence-electron chi connectivity index (χ4n) is 3.10. The second-order valence-corrected chi connectivity index (χ2v) is 8.89. The maximum absolute atomic E-state index is 13.0. The molecule has 0 N–H and O–H groups in total. The van der Waals surface area contributed by atoms with E-state index in [0.29, 0.717) is 23.3 Å². The summed E-state index contributed by atoms with van der Waals surface area (Å²) in [5.41, 5.74) is 0.921. The SMILES string of the molecule is COCCn1c(S[C@@H](C)C(=O)N(C(C)C)C(C)C)nnc1-c1ccc(Cl)cc1. The first-order valence-electron chi connectivity index (χ1n) is 9.43. The van der Waals surface area contributed by atoms with Gasteiger partial charge < -0.3 is 9.64 Å². The number of ether oxygens (including phenoxy) is 1. The molecule has 1 atom stereocenters. The number of hydrogen-bond acceptors (Lipinski definition) is 5. The molecule has 0 fully saturated rings. The van der Waals surface area contributed by atoms with Crippen molar-refractivity contribution in [1.29, 1.82) is 0 Å². The van der Waals surface area contributed by atoms with Crippen molar-refractivity contribution in [3.63, 3.8) is 0 Å². The Morgan fingerprint density at radius 3 is 2.29 bits per heavy atom. The summed E-state index contributed by atoms with van der Waals surface area (Å²) in [4.78, 5) is 14.9. The van der Waals surface area contributed by atoms with Crippen LogP contribution in [0, 0.1) is 0 Å². The van der Waals surface area contributed by atoms with Crippen LogP contribution in [-0.4, -0.2) is 56.6 Å². The average Bonchev–Trinajstić information content (AvgIpc) is 3.02. The van der Waals surface area contributed by atoms with Gasteiger partial charge in [-0.15, -0.1) is 10.2 Å². The van der Waals surface area contributed by atoms with Crippen molar-refractivity contribution in [1.82, 2.24) is 19.7 Å². The van der Waals surface area contributed by atoms with Crippen LogP contribution in [-0.2, 0) is 16.1 Å². The Morgan fingerprint density at radius 1 is 1.14 bits per heavy atom. The summed E-state index contributed by atoms with van der Waals surface area (Å²) < 4.78 is 7.25. The molecule has 154 valence electrons. The minimum Gasteiger partial charge on any atom is -0.383 e. The molecule has 0 aliphatic heterocycles. The number of hydrogen-bond donors (Lipinski definition) is 0. The first kappa shape index (κ1) is 22.7. The number of aromatic nitrogens is 3. The van der Waals surface area contributed by atoms with Gasteiger partial charge in [-0.05, 0) is 58.9 Å². The molecule has 0 spiro atoms. The standard InChI is InChI=1S/C20H29ClN4O2S/c1-13(2)25(14(3)4)19(26)15(5)28-20-23-22-18(24(20)11-12-27-6)16-7-9-17(21)10-8-16/h7-10,13-15H,11-12H2,1-6H3/t15-/m0/s1. The third-order valence-corrected chi connectivity index (χ3v) is 5.66. The molecule has 28 heavy (non-hydrogen) atoms. The maximum Gasteiger partial charge on any atom is 0.236 e. The van der Waals surface area contributed by atoms with Gasteiger partial charge in [-0.3, -0.25) is 9.36 Å². The molecule has 8 heteroatoms. The minimum absolute atomic E-state index is 0.101. The Bertz CT molecular complexity index is 769. The highest BCUT2D eigenvalue weighted by Crippen LogP contribution is 2.29. The van der Waals surface area contributed by atoms with Gasteiger partial charge in [-0.1, -0.05) is 23.4 Å². The van der Waals surface area contributed by atoms with Gasteiger partial charge in [0.25, 0.3) is 0 Å². The summed E-state index contributed by atoms with van der Waals surface area (Å²) in [6.45, 7) is 11.2. The molecule has 0 unspecified atom stereocenters. The summed E-state index contributed by atoms with van der Waals surface area (Å²) in [5.74, 6) is 0.838. The van der Waals surface area contributed by atoms with Crippen LogP contribution < -0.4 is 0 Å². The Kier molecular flexibility index (Phi) is 8.34. The van der Waals surface area contributed by atoms with E-state index >= 15 is 0 Å². The van der Waals surface area contributed by atoms with Crippen molar-refractivity contribution in [3.8, 4) is 11.4 Å². The van der Waals surface area contributed by atoms with Gasteiger partial charge in [-0.2, -0.15) is 0 Å². The molecular weight excluding hydrogens is 396 g/mol. The maximum atomic E-state index is 13.0. The van der Waals surface area contributed by atoms with Crippen LogP contribution in [0.1, 0.15) is 34.6 Å². The molecule has 0 saturated carbocycles. The number of nitrogens with zero attached hydrogens (tertiary/aromatic N) is 4. The Balaban J connectivity index is 2.29. The monoisotopic (exact) mass is 424 g/mol. The van der Waals surface area contributed by atoms with Crippen molar-refractivity contribution < 1.29 is 9.53 Å². The highest BCUT2D eigenvalue weighted by molar-refractivity contribution is 8.00. The van der Waals surface area contributed by atoms with Crippen LogP contribution in [0.3, 0.4) is 0 Å². The lowest BCUT2D eigenvalue weighted by atomic mass is 10.2. The summed E-state index contributed by atoms with van der Waals surface area (Å²) in [7, 11) is 1.66. The number of halogens is 1. The number of carbonyl (C=O) groups excluding carboxylic acids is 1. The number of carbonyl (C=O) groups is 1. The van der Waals surface area contributed by atoms with Gasteiger partial charge in [0.2, 0.25) is 5.91 Å². The molecule has 0 aliphatic rings. The highest BCUT2D eigenvalue weighted by Gasteiger charge is 2.27. The molecule has 6 nitrogen and oxygen atoms in total. The van der Waals surface area contributed by atoms with Crippen molar-refractivity contribution in [2.45, 2.75) is 63.7 Å². The van der Waals surface area contributed by atoms with E-state index in [0.717, 1.165) is 11.4 Å². The molecule has 2 aromatic rings. The third kappa shape index (κ3) is 5.49. The van der Waals surface area contributed by atoms with E-state index < -0.39 is 0 Å². The second-order valence-electron chi connectivity index (χ2n) is 7.15. The number of benzene rings is 1.